The van der Waals surface area contributed by atoms with E-state index in [1.807, 2.05) is 24.3 Å². The van der Waals surface area contributed by atoms with Crippen molar-refractivity contribution in [3.63, 3.8) is 0 Å². The average Bonchev–Trinajstić information content (AvgIpc) is 3.64. The Hall–Kier alpha value is -1.97. The third kappa shape index (κ3) is 5.58. The van der Waals surface area contributed by atoms with E-state index in [9.17, 15) is 13.2 Å². The van der Waals surface area contributed by atoms with Gasteiger partial charge in [-0.3, -0.25) is 9.69 Å². The number of nitrogens with one attached hydrogen (secondary N) is 1. The molecule has 2 aliphatic rings. The molecule has 7 nitrogen and oxygen atoms in total. The first-order valence-electron chi connectivity index (χ1n) is 11.3. The van der Waals surface area contributed by atoms with Crippen molar-refractivity contribution in [1.82, 2.24) is 9.21 Å². The van der Waals surface area contributed by atoms with E-state index in [4.69, 9.17) is 16.3 Å². The number of hydrogen-bond donors (Lipinski definition) is 1. The highest BCUT2D eigenvalue weighted by atomic mass is 35.5. The van der Waals surface area contributed by atoms with E-state index in [1.54, 1.807) is 25.1 Å². The standard InChI is InChI=1S/C24H30ClN3O4S/c1-17-7-8-19(15-23(17)33(30,31)27-11-13-32-14-12-27)26-24(29)16-28(20-9-10-20)18(2)21-5-3-4-6-22(21)25/h3-8,15,18,20H,9-14,16H2,1-2H3,(H,26,29). The highest BCUT2D eigenvalue weighted by molar-refractivity contribution is 7.89. The Morgan fingerprint density at radius 2 is 1.91 bits per heavy atom. The van der Waals surface area contributed by atoms with Crippen LogP contribution < -0.4 is 5.32 Å². The van der Waals surface area contributed by atoms with Crippen LogP contribution in [0.25, 0.3) is 0 Å². The van der Waals surface area contributed by atoms with Crippen LogP contribution >= 0.6 is 11.6 Å². The van der Waals surface area contributed by atoms with Crippen molar-refractivity contribution >= 4 is 33.2 Å². The lowest BCUT2D eigenvalue weighted by Crippen LogP contribution is -2.40. The Labute approximate surface area is 200 Å². The van der Waals surface area contributed by atoms with Crippen molar-refractivity contribution in [2.75, 3.05) is 38.2 Å². The Bertz CT molecular complexity index is 1110. The number of anilines is 1. The van der Waals surface area contributed by atoms with Crippen LogP contribution in [0.3, 0.4) is 0 Å². The van der Waals surface area contributed by atoms with Gasteiger partial charge < -0.3 is 10.1 Å². The van der Waals surface area contributed by atoms with Gasteiger partial charge in [0.15, 0.2) is 0 Å². The van der Waals surface area contributed by atoms with E-state index in [2.05, 4.69) is 17.1 Å². The van der Waals surface area contributed by atoms with E-state index in [-0.39, 0.29) is 23.4 Å². The number of rotatable bonds is 8. The van der Waals surface area contributed by atoms with Crippen LogP contribution in [0, 0.1) is 6.92 Å². The van der Waals surface area contributed by atoms with Crippen LogP contribution in [0.2, 0.25) is 5.02 Å². The minimum Gasteiger partial charge on any atom is -0.379 e. The average molecular weight is 492 g/mol. The van der Waals surface area contributed by atoms with Crippen molar-refractivity contribution in [2.45, 2.75) is 43.7 Å². The molecule has 0 aromatic heterocycles. The fourth-order valence-corrected chi connectivity index (χ4v) is 6.18. The fraction of sp³-hybridized carbons (Fsp3) is 0.458. The molecule has 1 N–H and O–H groups in total. The van der Waals surface area contributed by atoms with E-state index < -0.39 is 10.0 Å². The van der Waals surface area contributed by atoms with Gasteiger partial charge in [0.2, 0.25) is 15.9 Å². The van der Waals surface area contributed by atoms with Gasteiger partial charge in [-0.2, -0.15) is 4.31 Å². The lowest BCUT2D eigenvalue weighted by molar-refractivity contribution is -0.118. The molecule has 33 heavy (non-hydrogen) atoms. The first-order chi connectivity index (χ1) is 15.8. The maximum atomic E-state index is 13.1. The summed E-state index contributed by atoms with van der Waals surface area (Å²) in [5.41, 5.74) is 2.11. The summed E-state index contributed by atoms with van der Waals surface area (Å²) >= 11 is 6.40. The molecule has 1 heterocycles. The van der Waals surface area contributed by atoms with E-state index >= 15 is 0 Å². The number of amides is 1. The lowest BCUT2D eigenvalue weighted by Gasteiger charge is -2.29. The summed E-state index contributed by atoms with van der Waals surface area (Å²) in [6.45, 7) is 5.45. The van der Waals surface area contributed by atoms with Gasteiger partial charge in [-0.05, 0) is 56.0 Å². The molecule has 1 unspecified atom stereocenters. The van der Waals surface area contributed by atoms with Crippen molar-refractivity contribution in [3.05, 3.63) is 58.6 Å². The molecular weight excluding hydrogens is 462 g/mol. The Kier molecular flexibility index (Phi) is 7.40. The van der Waals surface area contributed by atoms with Crippen molar-refractivity contribution in [1.29, 1.82) is 0 Å². The number of ether oxygens (including phenoxy) is 1. The molecule has 9 heteroatoms. The van der Waals surface area contributed by atoms with E-state index in [1.165, 1.54) is 4.31 Å². The fourth-order valence-electron chi connectivity index (χ4n) is 4.23. The zero-order valence-electron chi connectivity index (χ0n) is 19.0. The molecule has 0 spiro atoms. The summed E-state index contributed by atoms with van der Waals surface area (Å²) in [7, 11) is -3.65. The number of carbonyl (C=O) groups excluding carboxylic acids is 1. The van der Waals surface area contributed by atoms with Gasteiger partial charge in [-0.25, -0.2) is 8.42 Å². The van der Waals surface area contributed by atoms with Gasteiger partial charge in [0.05, 0.1) is 24.7 Å². The summed E-state index contributed by atoms with van der Waals surface area (Å²) in [6.07, 6.45) is 2.10. The quantitative estimate of drug-likeness (QED) is 0.607. The highest BCUT2D eigenvalue weighted by Gasteiger charge is 2.35. The van der Waals surface area contributed by atoms with E-state index in [0.29, 0.717) is 48.6 Å². The molecule has 178 valence electrons. The molecule has 1 aliphatic heterocycles. The third-order valence-corrected chi connectivity index (χ3v) is 8.64. The number of aryl methyl sites for hydroxylation is 1. The smallest absolute Gasteiger partial charge is 0.243 e. The van der Waals surface area contributed by atoms with Gasteiger partial charge in [0.25, 0.3) is 0 Å². The molecule has 4 rings (SSSR count). The number of carbonyl (C=O) groups is 1. The molecule has 2 fully saturated rings. The predicted octanol–water partition coefficient (Wildman–Crippen LogP) is 3.83. The summed E-state index contributed by atoms with van der Waals surface area (Å²) in [5, 5.41) is 3.58. The highest BCUT2D eigenvalue weighted by Crippen LogP contribution is 2.36. The van der Waals surface area contributed by atoms with Crippen LogP contribution in [0.4, 0.5) is 5.69 Å². The molecule has 1 saturated carbocycles. The number of halogens is 1. The van der Waals surface area contributed by atoms with Gasteiger partial charge in [0, 0.05) is 35.9 Å². The van der Waals surface area contributed by atoms with Gasteiger partial charge in [-0.15, -0.1) is 0 Å². The summed E-state index contributed by atoms with van der Waals surface area (Å²) in [4.78, 5) is 15.3. The van der Waals surface area contributed by atoms with Crippen molar-refractivity contribution in [3.8, 4) is 0 Å². The first kappa shape index (κ1) is 24.2. The molecule has 0 bridgehead atoms. The Morgan fingerprint density at radius 1 is 1.21 bits per heavy atom. The third-order valence-electron chi connectivity index (χ3n) is 6.25. The van der Waals surface area contributed by atoms with Crippen molar-refractivity contribution in [2.24, 2.45) is 0 Å². The van der Waals surface area contributed by atoms with Gasteiger partial charge >= 0.3 is 0 Å². The topological polar surface area (TPSA) is 79.0 Å². The monoisotopic (exact) mass is 491 g/mol. The van der Waals surface area contributed by atoms with E-state index in [0.717, 1.165) is 18.4 Å². The normalized spacial score (nSPS) is 18.3. The minimum absolute atomic E-state index is 0.00720. The second-order valence-corrected chi connectivity index (χ2v) is 11.0. The molecule has 1 aliphatic carbocycles. The summed E-state index contributed by atoms with van der Waals surface area (Å²) < 4.78 is 33.0. The zero-order chi connectivity index (χ0) is 23.6. The number of benzene rings is 2. The molecule has 2 aromatic carbocycles. The first-order valence-corrected chi connectivity index (χ1v) is 13.1. The molecular formula is C24H30ClN3O4S. The molecule has 0 radical (unpaired) electrons. The molecule has 2 aromatic rings. The zero-order valence-corrected chi connectivity index (χ0v) is 20.5. The largest absolute Gasteiger partial charge is 0.379 e. The molecule has 1 atom stereocenters. The lowest BCUT2D eigenvalue weighted by atomic mass is 10.1. The SMILES string of the molecule is Cc1ccc(NC(=O)CN(C2CC2)C(C)c2ccccc2Cl)cc1S(=O)(=O)N1CCOCC1. The van der Waals surface area contributed by atoms with Crippen LogP contribution in [0.5, 0.6) is 0 Å². The van der Waals surface area contributed by atoms with Crippen LogP contribution in [0.1, 0.15) is 36.9 Å². The van der Waals surface area contributed by atoms with Crippen LogP contribution in [-0.2, 0) is 19.6 Å². The van der Waals surface area contributed by atoms with Crippen molar-refractivity contribution < 1.29 is 17.9 Å². The Morgan fingerprint density at radius 3 is 2.58 bits per heavy atom. The van der Waals surface area contributed by atoms with Crippen LogP contribution in [0.15, 0.2) is 47.4 Å². The predicted molar refractivity (Wildman–Crippen MR) is 129 cm³/mol. The number of hydrogen-bond acceptors (Lipinski definition) is 5. The Balaban J connectivity index is 1.49. The number of sulfonamides is 1. The number of morpholine rings is 1. The molecule has 1 amide bonds. The van der Waals surface area contributed by atoms with Crippen LogP contribution in [-0.4, -0.2) is 62.4 Å². The maximum absolute atomic E-state index is 13.1. The van der Waals surface area contributed by atoms with Gasteiger partial charge in [0.1, 0.15) is 0 Å². The van der Waals surface area contributed by atoms with Gasteiger partial charge in [-0.1, -0.05) is 35.9 Å². The summed E-state index contributed by atoms with van der Waals surface area (Å²) in [5.74, 6) is -0.181. The maximum Gasteiger partial charge on any atom is 0.243 e. The second-order valence-electron chi connectivity index (χ2n) is 8.65. The molecule has 1 saturated heterocycles. The second kappa shape index (κ2) is 10.1. The number of nitrogens with zero attached hydrogens (tertiary/aromatic N) is 2. The minimum atomic E-state index is -3.65. The summed E-state index contributed by atoms with van der Waals surface area (Å²) in [6, 6.07) is 13.1.